The molecule has 1 atom stereocenters. The molecule has 2 aromatic rings. The van der Waals surface area contributed by atoms with Crippen molar-refractivity contribution in [2.45, 2.75) is 36.6 Å². The zero-order chi connectivity index (χ0) is 16.4. The van der Waals surface area contributed by atoms with Gasteiger partial charge in [0.2, 0.25) is 5.91 Å². The van der Waals surface area contributed by atoms with E-state index in [-0.39, 0.29) is 11.2 Å². The Kier molecular flexibility index (Phi) is 4.51. The highest BCUT2D eigenvalue weighted by Crippen LogP contribution is 2.30. The number of carbonyl (C=O) groups excluding carboxylic acids is 1. The first kappa shape index (κ1) is 15.8. The third-order valence-corrected chi connectivity index (χ3v) is 4.87. The van der Waals surface area contributed by atoms with E-state index < -0.39 is 0 Å². The molecule has 1 fully saturated rings. The Hall–Kier alpha value is -2.09. The van der Waals surface area contributed by atoms with Crippen LogP contribution in [0.1, 0.15) is 25.5 Å². The van der Waals surface area contributed by atoms with Gasteiger partial charge in [0, 0.05) is 37.6 Å². The number of nitrogen functional groups attached to an aromatic ring is 1. The molecule has 1 aliphatic rings. The van der Waals surface area contributed by atoms with E-state index in [9.17, 15) is 4.79 Å². The van der Waals surface area contributed by atoms with Gasteiger partial charge in [0.15, 0.2) is 11.0 Å². The minimum Gasteiger partial charge on any atom is -0.384 e. The maximum Gasteiger partial charge on any atom is 0.241 e. The summed E-state index contributed by atoms with van der Waals surface area (Å²) in [5.74, 6) is 1.21. The Balaban J connectivity index is 1.77. The highest BCUT2D eigenvalue weighted by atomic mass is 32.2. The standard InChI is InChI=1S/C15H20N6OS/c1-3-10-9-12(16)18-15(17-10)23-11-5-4-7-21(14(11)22)13-6-8-20(2)19-13/h6,8-9,11H,3-5,7H2,1-2H3,(H2,16,17,18). The van der Waals surface area contributed by atoms with Gasteiger partial charge >= 0.3 is 0 Å². The predicted octanol–water partition coefficient (Wildman–Crippen LogP) is 1.64. The van der Waals surface area contributed by atoms with Gasteiger partial charge in [-0.2, -0.15) is 5.10 Å². The van der Waals surface area contributed by atoms with Gasteiger partial charge in [0.05, 0.1) is 5.25 Å². The van der Waals surface area contributed by atoms with Crippen LogP contribution in [-0.4, -0.2) is 37.5 Å². The summed E-state index contributed by atoms with van der Waals surface area (Å²) in [6, 6.07) is 3.63. The van der Waals surface area contributed by atoms with Crippen LogP contribution in [0.25, 0.3) is 0 Å². The Morgan fingerprint density at radius 3 is 2.96 bits per heavy atom. The second kappa shape index (κ2) is 6.57. The Labute approximate surface area is 139 Å². The number of thioether (sulfide) groups is 1. The molecule has 8 heteroatoms. The molecular weight excluding hydrogens is 312 g/mol. The van der Waals surface area contributed by atoms with Crippen molar-refractivity contribution in [2.75, 3.05) is 17.2 Å². The van der Waals surface area contributed by atoms with Crippen LogP contribution in [0.5, 0.6) is 0 Å². The zero-order valence-electron chi connectivity index (χ0n) is 13.3. The molecule has 0 bridgehead atoms. The van der Waals surface area contributed by atoms with Gasteiger partial charge in [-0.05, 0) is 19.3 Å². The summed E-state index contributed by atoms with van der Waals surface area (Å²) in [4.78, 5) is 23.2. The topological polar surface area (TPSA) is 89.9 Å². The number of amides is 1. The summed E-state index contributed by atoms with van der Waals surface area (Å²) in [5, 5.41) is 4.70. The average molecular weight is 332 g/mol. The van der Waals surface area contributed by atoms with Crippen LogP contribution in [0.3, 0.4) is 0 Å². The molecule has 3 rings (SSSR count). The molecule has 2 N–H and O–H groups in total. The smallest absolute Gasteiger partial charge is 0.241 e. The third kappa shape index (κ3) is 3.47. The fourth-order valence-electron chi connectivity index (χ4n) is 2.58. The molecule has 3 heterocycles. The second-order valence-corrected chi connectivity index (χ2v) is 6.68. The molecule has 23 heavy (non-hydrogen) atoms. The number of aromatic nitrogens is 4. The highest BCUT2D eigenvalue weighted by Gasteiger charge is 2.32. The van der Waals surface area contributed by atoms with Gasteiger partial charge in [-0.15, -0.1) is 0 Å². The number of nitrogens with two attached hydrogens (primary N) is 1. The summed E-state index contributed by atoms with van der Waals surface area (Å²) in [7, 11) is 1.84. The van der Waals surface area contributed by atoms with Crippen LogP contribution < -0.4 is 10.6 Å². The monoisotopic (exact) mass is 332 g/mol. The molecule has 1 unspecified atom stereocenters. The lowest BCUT2D eigenvalue weighted by Crippen LogP contribution is -2.43. The predicted molar refractivity (Wildman–Crippen MR) is 90.3 cm³/mol. The summed E-state index contributed by atoms with van der Waals surface area (Å²) in [6.45, 7) is 2.72. The third-order valence-electron chi connectivity index (χ3n) is 3.75. The average Bonchev–Trinajstić information content (AvgIpc) is 2.95. The number of hydrogen-bond acceptors (Lipinski definition) is 6. The van der Waals surface area contributed by atoms with E-state index in [0.717, 1.165) is 25.0 Å². The molecule has 0 spiro atoms. The largest absolute Gasteiger partial charge is 0.384 e. The van der Waals surface area contributed by atoms with Crippen molar-refractivity contribution in [1.29, 1.82) is 0 Å². The van der Waals surface area contributed by atoms with Crippen molar-refractivity contribution in [3.63, 3.8) is 0 Å². The van der Waals surface area contributed by atoms with E-state index in [4.69, 9.17) is 5.73 Å². The van der Waals surface area contributed by atoms with Gasteiger partial charge in [-0.1, -0.05) is 18.7 Å². The van der Waals surface area contributed by atoms with Crippen LogP contribution in [0.4, 0.5) is 11.6 Å². The number of nitrogens with zero attached hydrogens (tertiary/aromatic N) is 5. The number of piperidine rings is 1. The van der Waals surface area contributed by atoms with Gasteiger partial charge in [-0.3, -0.25) is 14.4 Å². The minimum atomic E-state index is -0.197. The molecule has 0 aromatic carbocycles. The van der Waals surface area contributed by atoms with Crippen molar-refractivity contribution in [3.05, 3.63) is 24.0 Å². The molecule has 7 nitrogen and oxygen atoms in total. The number of rotatable bonds is 4. The first-order valence-electron chi connectivity index (χ1n) is 7.68. The van der Waals surface area contributed by atoms with Crippen LogP contribution >= 0.6 is 11.8 Å². The molecular formula is C15H20N6OS. The van der Waals surface area contributed by atoms with E-state index >= 15 is 0 Å². The van der Waals surface area contributed by atoms with E-state index in [1.54, 1.807) is 15.6 Å². The molecule has 1 saturated heterocycles. The van der Waals surface area contributed by atoms with Gasteiger partial charge in [0.25, 0.3) is 0 Å². The highest BCUT2D eigenvalue weighted by molar-refractivity contribution is 8.00. The van der Waals surface area contributed by atoms with E-state index in [2.05, 4.69) is 15.1 Å². The molecule has 0 radical (unpaired) electrons. The van der Waals surface area contributed by atoms with Crippen molar-refractivity contribution in [1.82, 2.24) is 19.7 Å². The minimum absolute atomic E-state index is 0.0593. The lowest BCUT2D eigenvalue weighted by Gasteiger charge is -2.30. The van der Waals surface area contributed by atoms with Crippen molar-refractivity contribution < 1.29 is 4.79 Å². The van der Waals surface area contributed by atoms with E-state index in [1.807, 2.05) is 26.2 Å². The number of hydrogen-bond donors (Lipinski definition) is 1. The fourth-order valence-corrected chi connectivity index (χ4v) is 3.68. The zero-order valence-corrected chi connectivity index (χ0v) is 14.1. The summed E-state index contributed by atoms with van der Waals surface area (Å²) in [6.07, 6.45) is 4.38. The summed E-state index contributed by atoms with van der Waals surface area (Å²) < 4.78 is 1.70. The Morgan fingerprint density at radius 1 is 1.43 bits per heavy atom. The van der Waals surface area contributed by atoms with Crippen LogP contribution in [0.15, 0.2) is 23.5 Å². The molecule has 1 aliphatic heterocycles. The lowest BCUT2D eigenvalue weighted by molar-refractivity contribution is -0.119. The fraction of sp³-hybridized carbons (Fsp3) is 0.467. The Morgan fingerprint density at radius 2 is 2.26 bits per heavy atom. The second-order valence-electron chi connectivity index (χ2n) is 5.51. The maximum absolute atomic E-state index is 12.7. The van der Waals surface area contributed by atoms with Gasteiger partial charge in [-0.25, -0.2) is 9.97 Å². The number of aryl methyl sites for hydroxylation is 2. The molecule has 2 aromatic heterocycles. The van der Waals surface area contributed by atoms with Crippen LogP contribution in [-0.2, 0) is 18.3 Å². The summed E-state index contributed by atoms with van der Waals surface area (Å²) >= 11 is 1.39. The van der Waals surface area contributed by atoms with E-state index in [1.165, 1.54) is 11.8 Å². The van der Waals surface area contributed by atoms with Crippen molar-refractivity contribution >= 4 is 29.3 Å². The van der Waals surface area contributed by atoms with Crippen LogP contribution in [0.2, 0.25) is 0 Å². The SMILES string of the molecule is CCc1cc(N)nc(SC2CCCN(c3ccn(C)n3)C2=O)n1. The van der Waals surface area contributed by atoms with Crippen LogP contribution in [0, 0.1) is 0 Å². The normalized spacial score (nSPS) is 18.4. The lowest BCUT2D eigenvalue weighted by atomic mass is 10.1. The molecule has 1 amide bonds. The maximum atomic E-state index is 12.7. The molecule has 0 saturated carbocycles. The first-order chi connectivity index (χ1) is 11.1. The summed E-state index contributed by atoms with van der Waals surface area (Å²) in [5.41, 5.74) is 6.72. The first-order valence-corrected chi connectivity index (χ1v) is 8.56. The quantitative estimate of drug-likeness (QED) is 0.856. The van der Waals surface area contributed by atoms with Gasteiger partial charge < -0.3 is 5.73 Å². The van der Waals surface area contributed by atoms with Gasteiger partial charge in [0.1, 0.15) is 5.82 Å². The Bertz CT molecular complexity index is 716. The van der Waals surface area contributed by atoms with Crippen molar-refractivity contribution in [3.8, 4) is 0 Å². The molecule has 122 valence electrons. The molecule has 0 aliphatic carbocycles. The van der Waals surface area contributed by atoms with Crippen molar-refractivity contribution in [2.24, 2.45) is 7.05 Å². The number of anilines is 2. The van der Waals surface area contributed by atoms with E-state index in [0.29, 0.717) is 23.3 Å². The number of carbonyl (C=O) groups is 1.